The van der Waals surface area contributed by atoms with E-state index in [1.165, 1.54) is 13.8 Å². The van der Waals surface area contributed by atoms with E-state index in [1.807, 2.05) is 0 Å². The van der Waals surface area contributed by atoms with Gasteiger partial charge in [0.2, 0.25) is 11.8 Å². The van der Waals surface area contributed by atoms with Crippen LogP contribution in [-0.2, 0) is 55.5 Å². The van der Waals surface area contributed by atoms with Gasteiger partial charge in [-0.2, -0.15) is 0 Å². The Morgan fingerprint density at radius 1 is 1.07 bits per heavy atom. The van der Waals surface area contributed by atoms with Gasteiger partial charge >= 0.3 is 0 Å². The number of phosphoric acid groups is 3. The maximum absolute atomic E-state index is 12.5. The minimum Gasteiger partial charge on any atom is -0.790 e. The SMILES string of the molecule is CCC(=O)CC(=O)SCCNC(=O)CCNC(=O)C(O)C(C)(C)COP(=O)([O-])OP(=O)([O-])OCC1OC(n2cnc3c(N)ncnc32)C(O)C1OP(=O)([O-])[O-]. The van der Waals surface area contributed by atoms with Gasteiger partial charge in [-0.25, -0.2) is 19.3 Å². The second-order valence-corrected chi connectivity index (χ2v) is 17.5. The number of amides is 2. The van der Waals surface area contributed by atoms with Crippen molar-refractivity contribution in [2.24, 2.45) is 5.41 Å². The van der Waals surface area contributed by atoms with Crippen molar-refractivity contribution >= 4 is 74.9 Å². The molecule has 0 radical (unpaired) electrons. The van der Waals surface area contributed by atoms with Gasteiger partial charge in [-0.3, -0.25) is 32.9 Å². The molecule has 0 bridgehead atoms. The van der Waals surface area contributed by atoms with Crippen molar-refractivity contribution in [1.29, 1.82) is 0 Å². The molecule has 2 aromatic rings. The lowest BCUT2D eigenvalue weighted by Gasteiger charge is -2.36. The molecule has 1 saturated heterocycles. The number of nitrogens with one attached hydrogen (secondary N) is 2. The number of hydrogen-bond acceptors (Lipinski definition) is 23. The first-order valence-corrected chi connectivity index (χ1v) is 21.3. The first-order valence-electron chi connectivity index (χ1n) is 15.9. The topological polar surface area (TPSA) is 392 Å². The highest BCUT2D eigenvalue weighted by Gasteiger charge is 2.47. The Bertz CT molecular complexity index is 1850. The monoisotopic (exact) mass is 861 g/mol. The molecule has 55 heavy (non-hydrogen) atoms. The third-order valence-corrected chi connectivity index (χ3v) is 11.4. The number of anilines is 1. The molecule has 2 amide bonds. The van der Waals surface area contributed by atoms with Gasteiger partial charge in [0, 0.05) is 37.1 Å². The number of nitrogen functional groups attached to an aromatic ring is 1. The van der Waals surface area contributed by atoms with Crippen LogP contribution in [0.3, 0.4) is 0 Å². The highest BCUT2D eigenvalue weighted by atomic mass is 32.2. The Morgan fingerprint density at radius 3 is 2.40 bits per heavy atom. The van der Waals surface area contributed by atoms with Gasteiger partial charge in [0.1, 0.15) is 42.0 Å². The number of ether oxygens (including phenoxy) is 1. The van der Waals surface area contributed by atoms with Crippen LogP contribution in [0.1, 0.15) is 46.3 Å². The average Bonchev–Trinajstić information content (AvgIpc) is 3.64. The third kappa shape index (κ3) is 14.3. The molecule has 7 atom stereocenters. The molecule has 6 N–H and O–H groups in total. The number of carbonyl (C=O) groups excluding carboxylic acids is 4. The summed E-state index contributed by atoms with van der Waals surface area (Å²) in [6.45, 7) is 1.54. The van der Waals surface area contributed by atoms with Crippen molar-refractivity contribution in [3.05, 3.63) is 12.7 Å². The van der Waals surface area contributed by atoms with Crippen molar-refractivity contribution < 1.29 is 85.3 Å². The first kappa shape index (κ1) is 46.6. The van der Waals surface area contributed by atoms with Crippen molar-refractivity contribution in [3.63, 3.8) is 0 Å². The van der Waals surface area contributed by atoms with Crippen molar-refractivity contribution in [1.82, 2.24) is 30.2 Å². The van der Waals surface area contributed by atoms with Crippen molar-refractivity contribution in [2.45, 2.75) is 70.7 Å². The quantitative estimate of drug-likeness (QED) is 0.0435. The molecule has 0 saturated carbocycles. The lowest BCUT2D eigenvalue weighted by molar-refractivity contribution is -0.347. The summed E-state index contributed by atoms with van der Waals surface area (Å²) < 4.78 is 60.3. The molecule has 3 rings (SSSR count). The molecule has 7 unspecified atom stereocenters. The van der Waals surface area contributed by atoms with E-state index in [0.717, 1.165) is 29.0 Å². The second-order valence-electron chi connectivity index (χ2n) is 12.3. The summed E-state index contributed by atoms with van der Waals surface area (Å²) in [7, 11) is -17.6. The van der Waals surface area contributed by atoms with E-state index >= 15 is 0 Å². The highest BCUT2D eigenvalue weighted by Crippen LogP contribution is 2.56. The zero-order chi connectivity index (χ0) is 41.4. The summed E-state index contributed by atoms with van der Waals surface area (Å²) in [6.07, 6.45) is -7.66. The van der Waals surface area contributed by atoms with Crippen LogP contribution in [0.15, 0.2) is 12.7 Å². The fourth-order valence-electron chi connectivity index (χ4n) is 4.61. The molecular formula is C26H38N7O18P3S-4. The summed E-state index contributed by atoms with van der Waals surface area (Å²) in [6, 6.07) is 0. The normalized spacial score (nSPS) is 21.8. The number of Topliss-reactive ketones (excluding diaryl/α,β-unsaturated/α-hetero) is 1. The van der Waals surface area contributed by atoms with Crippen LogP contribution in [0.5, 0.6) is 0 Å². The number of imidazole rings is 1. The largest absolute Gasteiger partial charge is 0.790 e. The molecule has 1 aliphatic heterocycles. The molecule has 1 fully saturated rings. The standard InChI is InChI=1S/C26H42N7O18P3S/c1-4-14(34)9-17(36)55-8-7-28-16(35)5-6-29-24(39)21(38)26(2,3)11-48-54(45,46)51-53(43,44)47-10-15-20(50-52(40,41)42)19(37)25(49-15)33-13-32-18-22(27)30-12-31-23(18)33/h12-13,15,19-21,25,37-38H,4-11H2,1-3H3,(H,28,35)(H,29,39)(H,43,44)(H,45,46)(H2,27,30,31)(H2,40,41,42)/p-4. The van der Waals surface area contributed by atoms with Crippen molar-refractivity contribution in [3.8, 4) is 0 Å². The number of nitrogens with two attached hydrogens (primary N) is 1. The molecule has 3 heterocycles. The number of ketones is 1. The van der Waals surface area contributed by atoms with Gasteiger partial charge in [0.05, 0.1) is 33.8 Å². The number of phosphoric ester groups is 3. The number of hydrogen-bond donors (Lipinski definition) is 5. The summed E-state index contributed by atoms with van der Waals surface area (Å²) in [5.74, 6) is -1.63. The van der Waals surface area contributed by atoms with Gasteiger partial charge in [-0.05, 0) is 0 Å². The van der Waals surface area contributed by atoms with E-state index in [-0.39, 0.29) is 66.0 Å². The number of nitrogens with zero attached hydrogens (tertiary/aromatic N) is 4. The van der Waals surface area contributed by atoms with Crippen LogP contribution in [-0.4, -0.2) is 109 Å². The maximum atomic E-state index is 12.5. The molecule has 2 aromatic heterocycles. The number of rotatable bonds is 22. The van der Waals surface area contributed by atoms with Gasteiger partial charge in [-0.15, -0.1) is 0 Å². The number of carbonyl (C=O) groups is 4. The Morgan fingerprint density at radius 2 is 1.75 bits per heavy atom. The van der Waals surface area contributed by atoms with Gasteiger partial charge in [0.15, 0.2) is 22.8 Å². The average molecular weight is 862 g/mol. The predicted octanol–water partition coefficient (Wildman–Crippen LogP) is -3.49. The minimum atomic E-state index is -5.92. The fraction of sp³-hybridized carbons (Fsp3) is 0.654. The van der Waals surface area contributed by atoms with Crippen LogP contribution in [0, 0.1) is 5.41 Å². The first-order chi connectivity index (χ1) is 25.4. The van der Waals surface area contributed by atoms with E-state index in [0.29, 0.717) is 0 Å². The van der Waals surface area contributed by atoms with E-state index in [2.05, 4.69) is 43.5 Å². The predicted molar refractivity (Wildman–Crippen MR) is 178 cm³/mol. The van der Waals surface area contributed by atoms with Crippen LogP contribution in [0.2, 0.25) is 0 Å². The molecule has 25 nitrogen and oxygen atoms in total. The Kier molecular flexibility index (Phi) is 16.6. The van der Waals surface area contributed by atoms with E-state index in [1.54, 1.807) is 6.92 Å². The number of aromatic nitrogens is 4. The summed E-state index contributed by atoms with van der Waals surface area (Å²) in [4.78, 5) is 107. The number of thioether (sulfide) groups is 1. The van der Waals surface area contributed by atoms with Crippen LogP contribution in [0.4, 0.5) is 5.82 Å². The van der Waals surface area contributed by atoms with E-state index in [4.69, 9.17) is 10.5 Å². The molecule has 310 valence electrons. The summed E-state index contributed by atoms with van der Waals surface area (Å²) >= 11 is 0.881. The molecule has 1 aliphatic rings. The Hall–Kier alpha value is -2.77. The van der Waals surface area contributed by atoms with Crippen LogP contribution >= 0.6 is 35.2 Å². The smallest absolute Gasteiger partial charge is 0.274 e. The van der Waals surface area contributed by atoms with Crippen LogP contribution < -0.4 is 35.9 Å². The zero-order valence-electron chi connectivity index (χ0n) is 29.2. The highest BCUT2D eigenvalue weighted by molar-refractivity contribution is 8.13. The summed E-state index contributed by atoms with van der Waals surface area (Å²) in [5, 5.41) is 25.7. The number of aliphatic hydroxyl groups is 2. The molecule has 29 heteroatoms. The molecule has 0 spiro atoms. The van der Waals surface area contributed by atoms with Gasteiger partial charge < -0.3 is 69.0 Å². The molecule has 0 aromatic carbocycles. The number of aliphatic hydroxyl groups excluding tert-OH is 2. The number of fused-ring (bicyclic) bond motifs is 1. The maximum Gasteiger partial charge on any atom is 0.274 e. The van der Waals surface area contributed by atoms with E-state index < -0.39 is 84.6 Å². The lowest BCUT2D eigenvalue weighted by Crippen LogP contribution is -2.46. The van der Waals surface area contributed by atoms with E-state index in [9.17, 15) is 62.7 Å². The second kappa shape index (κ2) is 19.6. The zero-order valence-corrected chi connectivity index (χ0v) is 32.7. The third-order valence-electron chi connectivity index (χ3n) is 7.48. The molecule has 0 aliphatic carbocycles. The van der Waals surface area contributed by atoms with Gasteiger partial charge in [-0.1, -0.05) is 32.5 Å². The summed E-state index contributed by atoms with van der Waals surface area (Å²) in [5.41, 5.74) is 4.03. The van der Waals surface area contributed by atoms with Gasteiger partial charge in [0.25, 0.3) is 15.6 Å². The fourth-order valence-corrected chi connectivity index (χ4v) is 8.04. The van der Waals surface area contributed by atoms with Crippen LogP contribution in [0.25, 0.3) is 11.2 Å². The van der Waals surface area contributed by atoms with Crippen molar-refractivity contribution in [2.75, 3.05) is 37.8 Å². The Balaban J connectivity index is 1.49. The lowest BCUT2D eigenvalue weighted by atomic mass is 9.87. The Labute approximate surface area is 316 Å². The molecular weight excluding hydrogens is 823 g/mol. The minimum absolute atomic E-state index is 0.0276.